The second-order valence-corrected chi connectivity index (χ2v) is 4.19. The Labute approximate surface area is 95.3 Å². The lowest BCUT2D eigenvalue weighted by molar-refractivity contribution is 0.438. The van der Waals surface area contributed by atoms with Crippen molar-refractivity contribution in [2.45, 2.75) is 32.4 Å². The summed E-state index contributed by atoms with van der Waals surface area (Å²) in [4.78, 5) is 30.4. The Balaban J connectivity index is 2.51. The summed E-state index contributed by atoms with van der Waals surface area (Å²) < 4.78 is 2.65. The second kappa shape index (κ2) is 3.22. The lowest BCUT2D eigenvalue weighted by Gasteiger charge is -2.07. The average molecular weight is 236 g/mol. The molecule has 7 nitrogen and oxygen atoms in total. The number of aromatic nitrogens is 4. The number of aromatic hydroxyl groups is 1. The molecule has 3 rings (SSSR count). The lowest BCUT2D eigenvalue weighted by Crippen LogP contribution is -2.39. The van der Waals surface area contributed by atoms with Crippen LogP contribution in [0.4, 0.5) is 0 Å². The maximum absolute atomic E-state index is 12.1. The quantitative estimate of drug-likeness (QED) is 0.764. The highest BCUT2D eigenvalue weighted by atomic mass is 16.3. The van der Waals surface area contributed by atoms with Gasteiger partial charge in [-0.3, -0.25) is 13.9 Å². The molecule has 0 bridgehead atoms. The van der Waals surface area contributed by atoms with Crippen LogP contribution in [0.25, 0.3) is 11.2 Å². The Hall–Kier alpha value is -2.05. The van der Waals surface area contributed by atoms with Crippen LogP contribution in [0.5, 0.6) is 6.01 Å². The minimum atomic E-state index is -0.433. The highest BCUT2D eigenvalue weighted by Gasteiger charge is 2.29. The van der Waals surface area contributed by atoms with Gasteiger partial charge in [-0.2, -0.15) is 4.98 Å². The zero-order chi connectivity index (χ0) is 12.2. The summed E-state index contributed by atoms with van der Waals surface area (Å²) in [5.41, 5.74) is -0.336. The van der Waals surface area contributed by atoms with Crippen LogP contribution in [0.1, 0.15) is 25.8 Å². The molecule has 90 valence electrons. The molecule has 0 aromatic carbocycles. The molecule has 1 aliphatic carbocycles. The number of aromatic amines is 1. The van der Waals surface area contributed by atoms with Crippen molar-refractivity contribution in [3.05, 3.63) is 20.8 Å². The first kappa shape index (κ1) is 10.1. The molecule has 0 unspecified atom stereocenters. The van der Waals surface area contributed by atoms with E-state index in [4.69, 9.17) is 0 Å². The standard InChI is InChI=1S/C10H12N4O3/c1-2-13-8(15)6-7(12-9(16)11-6)14(10(13)17)5-3-4-5/h5H,2-4H2,1H3,(H2,11,12,16). The number of hydrogen-bond acceptors (Lipinski definition) is 4. The molecular weight excluding hydrogens is 224 g/mol. The molecular formula is C10H12N4O3. The third-order valence-electron chi connectivity index (χ3n) is 3.02. The Morgan fingerprint density at radius 1 is 1.47 bits per heavy atom. The molecule has 0 saturated heterocycles. The predicted molar refractivity (Wildman–Crippen MR) is 60.2 cm³/mol. The number of nitrogens with one attached hydrogen (secondary N) is 1. The lowest BCUT2D eigenvalue weighted by atomic mass is 10.4. The van der Waals surface area contributed by atoms with E-state index in [-0.39, 0.29) is 28.9 Å². The zero-order valence-corrected chi connectivity index (χ0v) is 9.30. The molecule has 0 spiro atoms. The summed E-state index contributed by atoms with van der Waals surface area (Å²) in [5.74, 6) is 0. The van der Waals surface area contributed by atoms with Gasteiger partial charge in [0.05, 0.1) is 0 Å². The van der Waals surface area contributed by atoms with E-state index < -0.39 is 5.56 Å². The number of imidazole rings is 1. The highest BCUT2D eigenvalue weighted by Crippen LogP contribution is 2.35. The van der Waals surface area contributed by atoms with Gasteiger partial charge in [-0.25, -0.2) is 4.79 Å². The summed E-state index contributed by atoms with van der Waals surface area (Å²) in [6.07, 6.45) is 1.81. The smallest absolute Gasteiger partial charge is 0.332 e. The summed E-state index contributed by atoms with van der Waals surface area (Å²) in [5, 5.41) is 9.33. The molecule has 2 aromatic heterocycles. The molecule has 0 radical (unpaired) electrons. The van der Waals surface area contributed by atoms with E-state index in [1.54, 1.807) is 6.92 Å². The predicted octanol–water partition coefficient (Wildman–Crippen LogP) is -0.0533. The molecule has 2 aromatic rings. The third-order valence-corrected chi connectivity index (χ3v) is 3.02. The Bertz CT molecular complexity index is 705. The Morgan fingerprint density at radius 3 is 2.76 bits per heavy atom. The molecule has 0 amide bonds. The molecule has 17 heavy (non-hydrogen) atoms. The van der Waals surface area contributed by atoms with Crippen molar-refractivity contribution in [2.75, 3.05) is 0 Å². The van der Waals surface area contributed by atoms with Crippen LogP contribution < -0.4 is 11.2 Å². The van der Waals surface area contributed by atoms with E-state index in [0.717, 1.165) is 17.4 Å². The molecule has 2 N–H and O–H groups in total. The normalized spacial score (nSPS) is 15.6. The van der Waals surface area contributed by atoms with Crippen molar-refractivity contribution < 1.29 is 5.11 Å². The first-order valence-corrected chi connectivity index (χ1v) is 5.57. The Morgan fingerprint density at radius 2 is 2.18 bits per heavy atom. The van der Waals surface area contributed by atoms with Gasteiger partial charge in [0.15, 0.2) is 11.2 Å². The largest absolute Gasteiger partial charge is 0.480 e. The molecule has 1 aliphatic rings. The van der Waals surface area contributed by atoms with Crippen molar-refractivity contribution in [2.24, 2.45) is 0 Å². The first-order chi connectivity index (χ1) is 8.13. The van der Waals surface area contributed by atoms with Crippen LogP contribution in [-0.4, -0.2) is 24.2 Å². The summed E-state index contributed by atoms with van der Waals surface area (Å²) in [6, 6.07) is -0.231. The van der Waals surface area contributed by atoms with Crippen LogP contribution in [0.2, 0.25) is 0 Å². The number of hydrogen-bond donors (Lipinski definition) is 2. The van der Waals surface area contributed by atoms with Gasteiger partial charge in [0, 0.05) is 12.6 Å². The van der Waals surface area contributed by atoms with Gasteiger partial charge in [-0.15, -0.1) is 0 Å². The monoisotopic (exact) mass is 236 g/mol. The topological polar surface area (TPSA) is 92.9 Å². The second-order valence-electron chi connectivity index (χ2n) is 4.19. The summed E-state index contributed by atoms with van der Waals surface area (Å²) in [7, 11) is 0. The molecule has 0 atom stereocenters. The van der Waals surface area contributed by atoms with Crippen LogP contribution in [0.3, 0.4) is 0 Å². The number of rotatable bonds is 2. The van der Waals surface area contributed by atoms with E-state index >= 15 is 0 Å². The van der Waals surface area contributed by atoms with E-state index in [1.807, 2.05) is 0 Å². The van der Waals surface area contributed by atoms with Gasteiger partial charge in [0.2, 0.25) is 0 Å². The van der Waals surface area contributed by atoms with E-state index in [2.05, 4.69) is 9.97 Å². The van der Waals surface area contributed by atoms with Gasteiger partial charge >= 0.3 is 5.69 Å². The molecule has 1 saturated carbocycles. The van der Waals surface area contributed by atoms with Crippen molar-refractivity contribution in [1.29, 1.82) is 0 Å². The molecule has 1 fully saturated rings. The third kappa shape index (κ3) is 1.31. The minimum Gasteiger partial charge on any atom is -0.480 e. The van der Waals surface area contributed by atoms with Gasteiger partial charge in [0.25, 0.3) is 11.6 Å². The molecule has 0 aliphatic heterocycles. The average Bonchev–Trinajstić information content (AvgIpc) is 3.02. The van der Waals surface area contributed by atoms with E-state index in [9.17, 15) is 14.7 Å². The van der Waals surface area contributed by atoms with Crippen LogP contribution >= 0.6 is 0 Å². The van der Waals surface area contributed by atoms with Gasteiger partial charge < -0.3 is 10.1 Å². The summed E-state index contributed by atoms with van der Waals surface area (Å²) in [6.45, 7) is 2.04. The maximum Gasteiger partial charge on any atom is 0.332 e. The van der Waals surface area contributed by atoms with E-state index in [1.165, 1.54) is 4.57 Å². The SMILES string of the molecule is CCn1c(=O)c2[nH]c(O)nc2n(C2CC2)c1=O. The maximum atomic E-state index is 12.1. The van der Waals surface area contributed by atoms with Crippen molar-refractivity contribution in [1.82, 2.24) is 19.1 Å². The van der Waals surface area contributed by atoms with Crippen LogP contribution in [0.15, 0.2) is 9.59 Å². The number of H-pyrrole nitrogens is 1. The first-order valence-electron chi connectivity index (χ1n) is 5.57. The fourth-order valence-corrected chi connectivity index (χ4v) is 2.06. The van der Waals surface area contributed by atoms with Crippen molar-refractivity contribution in [3.63, 3.8) is 0 Å². The molecule has 2 heterocycles. The molecule has 7 heteroatoms. The fraction of sp³-hybridized carbons (Fsp3) is 0.500. The number of fused-ring (bicyclic) bond motifs is 1. The van der Waals surface area contributed by atoms with Crippen LogP contribution in [0, 0.1) is 0 Å². The van der Waals surface area contributed by atoms with Gasteiger partial charge in [0.1, 0.15) is 0 Å². The Kier molecular flexibility index (Phi) is 1.92. The summed E-state index contributed by atoms with van der Waals surface area (Å²) >= 11 is 0. The minimum absolute atomic E-state index is 0.103. The zero-order valence-electron chi connectivity index (χ0n) is 9.30. The van der Waals surface area contributed by atoms with Gasteiger partial charge in [-0.1, -0.05) is 0 Å². The highest BCUT2D eigenvalue weighted by molar-refractivity contribution is 5.70. The van der Waals surface area contributed by atoms with Crippen molar-refractivity contribution >= 4 is 11.2 Å². The number of nitrogens with zero attached hydrogens (tertiary/aromatic N) is 3. The van der Waals surface area contributed by atoms with E-state index in [0.29, 0.717) is 6.54 Å². The van der Waals surface area contributed by atoms with Gasteiger partial charge in [-0.05, 0) is 19.8 Å². The van der Waals surface area contributed by atoms with Crippen LogP contribution in [-0.2, 0) is 6.54 Å². The van der Waals surface area contributed by atoms with Crippen molar-refractivity contribution in [3.8, 4) is 6.01 Å². The fourth-order valence-electron chi connectivity index (χ4n) is 2.06.